The number of carbonyl (C=O) groups is 1. The second-order valence-electron chi connectivity index (χ2n) is 6.53. The van der Waals surface area contributed by atoms with Crippen molar-refractivity contribution in [3.8, 4) is 0 Å². The Kier molecular flexibility index (Phi) is 7.40. The van der Waals surface area contributed by atoms with Gasteiger partial charge in [-0.3, -0.25) is 9.52 Å². The quantitative estimate of drug-likeness (QED) is 0.769. The number of nitrogens with zero attached hydrogens (tertiary/aromatic N) is 1. The number of carbonyl (C=O) groups excluding carboxylic acids is 1. The highest BCUT2D eigenvalue weighted by Crippen LogP contribution is 2.19. The predicted molar refractivity (Wildman–Crippen MR) is 109 cm³/mol. The van der Waals surface area contributed by atoms with Crippen molar-refractivity contribution in [2.45, 2.75) is 23.8 Å². The van der Waals surface area contributed by atoms with Gasteiger partial charge in [-0.15, -0.1) is 12.4 Å². The minimum atomic E-state index is -3.81. The van der Waals surface area contributed by atoms with Crippen LogP contribution in [0.3, 0.4) is 0 Å². The number of anilines is 1. The monoisotopic (exact) mass is 427 g/mol. The van der Waals surface area contributed by atoms with Crippen LogP contribution in [0.25, 0.3) is 0 Å². The van der Waals surface area contributed by atoms with E-state index in [1.165, 1.54) is 48.5 Å². The minimum Gasteiger partial charge on any atom is -0.339 e. The van der Waals surface area contributed by atoms with E-state index in [1.54, 1.807) is 11.9 Å². The van der Waals surface area contributed by atoms with Crippen molar-refractivity contribution in [2.75, 3.05) is 24.9 Å². The summed E-state index contributed by atoms with van der Waals surface area (Å²) in [6, 6.07) is 11.1. The summed E-state index contributed by atoms with van der Waals surface area (Å²) < 4.78 is 40.2. The van der Waals surface area contributed by atoms with Gasteiger partial charge in [0.25, 0.3) is 15.9 Å². The fraction of sp³-hybridized carbons (Fsp3) is 0.316. The molecule has 28 heavy (non-hydrogen) atoms. The molecule has 1 fully saturated rings. The molecule has 3 rings (SSSR count). The van der Waals surface area contributed by atoms with Crippen LogP contribution in [0.2, 0.25) is 0 Å². The van der Waals surface area contributed by atoms with E-state index in [2.05, 4.69) is 10.0 Å². The fourth-order valence-electron chi connectivity index (χ4n) is 3.07. The van der Waals surface area contributed by atoms with Crippen LogP contribution in [-0.4, -0.2) is 45.4 Å². The van der Waals surface area contributed by atoms with Crippen molar-refractivity contribution in [2.24, 2.45) is 0 Å². The summed E-state index contributed by atoms with van der Waals surface area (Å²) in [5.74, 6) is -0.573. The molecule has 1 aliphatic rings. The lowest BCUT2D eigenvalue weighted by Crippen LogP contribution is -2.43. The number of amides is 1. The summed E-state index contributed by atoms with van der Waals surface area (Å²) in [4.78, 5) is 14.4. The van der Waals surface area contributed by atoms with E-state index in [0.717, 1.165) is 25.9 Å². The molecule has 2 N–H and O–H groups in total. The van der Waals surface area contributed by atoms with Gasteiger partial charge in [0.15, 0.2) is 0 Å². The molecule has 0 spiro atoms. The van der Waals surface area contributed by atoms with E-state index >= 15 is 0 Å². The number of rotatable bonds is 5. The zero-order chi connectivity index (χ0) is 19.4. The van der Waals surface area contributed by atoms with Crippen LogP contribution in [0.5, 0.6) is 0 Å². The molecule has 2 aromatic rings. The van der Waals surface area contributed by atoms with Gasteiger partial charge in [0.05, 0.1) is 4.90 Å². The first kappa shape index (κ1) is 22.1. The Balaban J connectivity index is 0.00000280. The molecule has 0 atom stereocenters. The summed E-state index contributed by atoms with van der Waals surface area (Å²) in [5, 5.41) is 3.26. The Bertz CT molecular complexity index is 899. The molecule has 0 aliphatic carbocycles. The maximum Gasteiger partial charge on any atom is 0.261 e. The zero-order valence-electron chi connectivity index (χ0n) is 15.4. The second kappa shape index (κ2) is 9.36. The third-order valence-electron chi connectivity index (χ3n) is 4.68. The van der Waals surface area contributed by atoms with Crippen LogP contribution < -0.4 is 10.0 Å². The summed E-state index contributed by atoms with van der Waals surface area (Å²) in [6.07, 6.45) is 1.80. The zero-order valence-corrected chi connectivity index (χ0v) is 17.0. The van der Waals surface area contributed by atoms with Gasteiger partial charge in [-0.1, -0.05) is 0 Å². The lowest BCUT2D eigenvalue weighted by atomic mass is 10.0. The smallest absolute Gasteiger partial charge is 0.261 e. The van der Waals surface area contributed by atoms with Crippen molar-refractivity contribution < 1.29 is 17.6 Å². The normalized spacial score (nSPS) is 14.8. The predicted octanol–water partition coefficient (Wildman–Crippen LogP) is 2.87. The van der Waals surface area contributed by atoms with Crippen molar-refractivity contribution in [1.29, 1.82) is 0 Å². The third-order valence-corrected chi connectivity index (χ3v) is 6.08. The SMILES string of the molecule is CN(C(=O)c1ccc(S(=O)(=O)Nc2ccc(F)cc2)cc1)C1CCNCC1.Cl. The Hall–Kier alpha value is -2.16. The lowest BCUT2D eigenvalue weighted by molar-refractivity contribution is 0.0703. The summed E-state index contributed by atoms with van der Waals surface area (Å²) in [7, 11) is -2.04. The van der Waals surface area contributed by atoms with Crippen LogP contribution in [0.4, 0.5) is 10.1 Å². The number of nitrogens with one attached hydrogen (secondary N) is 2. The van der Waals surface area contributed by atoms with E-state index in [4.69, 9.17) is 0 Å². The van der Waals surface area contributed by atoms with Crippen LogP contribution >= 0.6 is 12.4 Å². The summed E-state index contributed by atoms with van der Waals surface area (Å²) in [6.45, 7) is 1.77. The molecule has 0 aromatic heterocycles. The van der Waals surface area contributed by atoms with E-state index in [9.17, 15) is 17.6 Å². The van der Waals surface area contributed by atoms with E-state index in [1.807, 2.05) is 0 Å². The fourth-order valence-corrected chi connectivity index (χ4v) is 4.13. The van der Waals surface area contributed by atoms with Gasteiger partial charge < -0.3 is 10.2 Å². The molecule has 2 aromatic carbocycles. The Morgan fingerprint density at radius 2 is 1.64 bits per heavy atom. The molecule has 0 saturated carbocycles. The number of halogens is 2. The molecule has 0 bridgehead atoms. The largest absolute Gasteiger partial charge is 0.339 e. The van der Waals surface area contributed by atoms with Crippen molar-refractivity contribution in [1.82, 2.24) is 10.2 Å². The van der Waals surface area contributed by atoms with Gasteiger partial charge in [0, 0.05) is 24.3 Å². The molecule has 6 nitrogen and oxygen atoms in total. The molecule has 0 radical (unpaired) electrons. The molecule has 1 heterocycles. The van der Waals surface area contributed by atoms with Gasteiger partial charge >= 0.3 is 0 Å². The van der Waals surface area contributed by atoms with Gasteiger partial charge in [-0.2, -0.15) is 0 Å². The van der Waals surface area contributed by atoms with Gasteiger partial charge in [-0.05, 0) is 74.5 Å². The van der Waals surface area contributed by atoms with E-state index in [-0.39, 0.29) is 34.9 Å². The second-order valence-corrected chi connectivity index (χ2v) is 8.22. The molecular weight excluding hydrogens is 405 g/mol. The van der Waals surface area contributed by atoms with E-state index < -0.39 is 15.8 Å². The standard InChI is InChI=1S/C19H22FN3O3S.ClH/c1-23(17-10-12-21-13-11-17)19(24)14-2-8-18(9-3-14)27(25,26)22-16-6-4-15(20)5-7-16;/h2-9,17,21-22H,10-13H2,1H3;1H. The van der Waals surface area contributed by atoms with E-state index in [0.29, 0.717) is 5.56 Å². The first-order valence-corrected chi connectivity index (χ1v) is 10.2. The van der Waals surface area contributed by atoms with Crippen LogP contribution in [0, 0.1) is 5.82 Å². The van der Waals surface area contributed by atoms with Crippen molar-refractivity contribution >= 4 is 34.0 Å². The van der Waals surface area contributed by atoms with Crippen molar-refractivity contribution in [3.05, 3.63) is 59.9 Å². The molecule has 1 aliphatic heterocycles. The summed E-state index contributed by atoms with van der Waals surface area (Å²) in [5.41, 5.74) is 0.707. The maximum atomic E-state index is 12.9. The van der Waals surface area contributed by atoms with Crippen LogP contribution in [0.1, 0.15) is 23.2 Å². The third kappa shape index (κ3) is 5.21. The van der Waals surface area contributed by atoms with Gasteiger partial charge in [-0.25, -0.2) is 12.8 Å². The minimum absolute atomic E-state index is 0. The van der Waals surface area contributed by atoms with Crippen molar-refractivity contribution in [3.63, 3.8) is 0 Å². The number of hydrogen-bond donors (Lipinski definition) is 2. The molecule has 1 saturated heterocycles. The topological polar surface area (TPSA) is 78.5 Å². The van der Waals surface area contributed by atoms with Gasteiger partial charge in [0.1, 0.15) is 5.82 Å². The average Bonchev–Trinajstić information content (AvgIpc) is 2.69. The Morgan fingerprint density at radius 3 is 2.21 bits per heavy atom. The highest BCUT2D eigenvalue weighted by Gasteiger charge is 2.23. The molecule has 0 unspecified atom stereocenters. The number of hydrogen-bond acceptors (Lipinski definition) is 4. The highest BCUT2D eigenvalue weighted by atomic mass is 35.5. The average molecular weight is 428 g/mol. The molecule has 1 amide bonds. The van der Waals surface area contributed by atoms with Gasteiger partial charge in [0.2, 0.25) is 0 Å². The number of piperidine rings is 1. The lowest BCUT2D eigenvalue weighted by Gasteiger charge is -2.31. The maximum absolute atomic E-state index is 12.9. The Morgan fingerprint density at radius 1 is 1.07 bits per heavy atom. The molecule has 152 valence electrons. The van der Waals surface area contributed by atoms with Crippen LogP contribution in [0.15, 0.2) is 53.4 Å². The number of sulfonamides is 1. The molecule has 9 heteroatoms. The highest BCUT2D eigenvalue weighted by molar-refractivity contribution is 7.92. The summed E-state index contributed by atoms with van der Waals surface area (Å²) >= 11 is 0. The first-order valence-electron chi connectivity index (χ1n) is 8.73. The van der Waals surface area contributed by atoms with Crippen LogP contribution in [-0.2, 0) is 10.0 Å². The Labute approximate surface area is 170 Å². The first-order chi connectivity index (χ1) is 12.9. The number of benzene rings is 2. The molecular formula is C19H23ClFN3O3S.